The molecule has 11 heteroatoms. The number of para-hydroxylation sites is 1. The molecule has 0 spiro atoms. The highest BCUT2D eigenvalue weighted by molar-refractivity contribution is 7.89. The summed E-state index contributed by atoms with van der Waals surface area (Å²) in [6.07, 6.45) is 5.70. The predicted molar refractivity (Wildman–Crippen MR) is 138 cm³/mol. The van der Waals surface area contributed by atoms with Crippen LogP contribution in [0.4, 0.5) is 0 Å². The van der Waals surface area contributed by atoms with Gasteiger partial charge in [-0.15, -0.1) is 0 Å². The molecule has 1 aliphatic heterocycles. The molecule has 0 bridgehead atoms. The Morgan fingerprint density at radius 2 is 1.92 bits per heavy atom. The third-order valence-corrected chi connectivity index (χ3v) is 8.64. The molecular formula is C26H33N5O5S. The number of hydrogen-bond acceptors (Lipinski definition) is 8. The van der Waals surface area contributed by atoms with Crippen LogP contribution in [0.15, 0.2) is 48.8 Å². The van der Waals surface area contributed by atoms with Crippen LogP contribution in [-0.2, 0) is 32.6 Å². The first kappa shape index (κ1) is 27.1. The number of pyridine rings is 1. The average molecular weight is 528 g/mol. The lowest BCUT2D eigenvalue weighted by Gasteiger charge is -2.32. The smallest absolute Gasteiger partial charge is 0.247 e. The highest BCUT2D eigenvalue weighted by Crippen LogP contribution is 2.24. The van der Waals surface area contributed by atoms with Crippen molar-refractivity contribution in [2.75, 3.05) is 18.8 Å². The number of hydroxylamine groups is 1. The zero-order valence-corrected chi connectivity index (χ0v) is 21.7. The number of amides is 1. The number of nitrogens with one attached hydrogen (secondary N) is 1. The maximum absolute atomic E-state index is 13.1. The van der Waals surface area contributed by atoms with Crippen molar-refractivity contribution in [2.45, 2.75) is 51.7 Å². The monoisotopic (exact) mass is 527 g/mol. The standard InChI is InChI=1S/C26H33N5O5S/c1-19-16-21(23-7-2-3-8-24(23)29-19)17-36-22-10-14-31(15-11-22)37(34,35)18-20(26(32)30-33)6-4-9-25-27-12-5-13-28-25/h2-3,5,7-8,12-13,16,20,22,33H,4,6,9-11,14-15,17-18H2,1H3,(H,30,32)/t20-/m0/s1. The van der Waals surface area contributed by atoms with Gasteiger partial charge in [0.2, 0.25) is 15.9 Å². The van der Waals surface area contributed by atoms with Crippen molar-refractivity contribution < 1.29 is 23.2 Å². The van der Waals surface area contributed by atoms with E-state index in [1.54, 1.807) is 23.9 Å². The second-order valence-electron chi connectivity index (χ2n) is 9.36. The summed E-state index contributed by atoms with van der Waals surface area (Å²) in [5, 5.41) is 10.2. The van der Waals surface area contributed by atoms with E-state index in [1.165, 1.54) is 4.31 Å². The van der Waals surface area contributed by atoms with Crippen molar-refractivity contribution >= 4 is 26.8 Å². The van der Waals surface area contributed by atoms with E-state index in [0.29, 0.717) is 57.6 Å². The summed E-state index contributed by atoms with van der Waals surface area (Å²) in [5.41, 5.74) is 4.54. The summed E-state index contributed by atoms with van der Waals surface area (Å²) < 4.78 is 33.8. The van der Waals surface area contributed by atoms with Gasteiger partial charge in [-0.25, -0.2) is 28.2 Å². The highest BCUT2D eigenvalue weighted by Gasteiger charge is 2.33. The summed E-state index contributed by atoms with van der Waals surface area (Å²) in [6.45, 7) is 3.05. The minimum Gasteiger partial charge on any atom is -0.373 e. The number of aromatic nitrogens is 3. The Labute approximate surface area is 217 Å². The van der Waals surface area contributed by atoms with Crippen molar-refractivity contribution in [2.24, 2.45) is 5.92 Å². The number of fused-ring (bicyclic) bond motifs is 1. The molecule has 1 amide bonds. The molecule has 3 aromatic rings. The zero-order chi connectivity index (χ0) is 26.3. The van der Waals surface area contributed by atoms with Crippen molar-refractivity contribution in [3.8, 4) is 0 Å². The second kappa shape index (κ2) is 12.5. The SMILES string of the molecule is Cc1cc(COC2CCN(S(=O)(=O)C[C@H](CCCc3ncccn3)C(=O)NO)CC2)c2ccccc2n1. The van der Waals surface area contributed by atoms with Crippen LogP contribution < -0.4 is 5.48 Å². The van der Waals surface area contributed by atoms with Gasteiger partial charge >= 0.3 is 0 Å². The van der Waals surface area contributed by atoms with Gasteiger partial charge in [0, 0.05) is 43.0 Å². The van der Waals surface area contributed by atoms with Crippen molar-refractivity contribution in [1.82, 2.24) is 24.7 Å². The van der Waals surface area contributed by atoms with Crippen LogP contribution in [0.3, 0.4) is 0 Å². The first-order valence-electron chi connectivity index (χ1n) is 12.5. The Balaban J connectivity index is 1.29. The van der Waals surface area contributed by atoms with Gasteiger partial charge in [-0.05, 0) is 56.4 Å². The molecule has 1 saturated heterocycles. The molecule has 3 heterocycles. The normalized spacial score (nSPS) is 16.1. The van der Waals surface area contributed by atoms with Gasteiger partial charge in [0.1, 0.15) is 5.82 Å². The number of sulfonamides is 1. The minimum atomic E-state index is -3.69. The van der Waals surface area contributed by atoms with Crippen molar-refractivity contribution in [1.29, 1.82) is 0 Å². The van der Waals surface area contributed by atoms with E-state index in [0.717, 1.165) is 22.2 Å². The predicted octanol–water partition coefficient (Wildman–Crippen LogP) is 2.79. The molecule has 0 unspecified atom stereocenters. The number of rotatable bonds is 11. The van der Waals surface area contributed by atoms with E-state index in [2.05, 4.69) is 15.0 Å². The lowest BCUT2D eigenvalue weighted by Crippen LogP contribution is -2.44. The number of benzene rings is 1. The molecule has 37 heavy (non-hydrogen) atoms. The fourth-order valence-corrected chi connectivity index (χ4v) is 6.51. The van der Waals surface area contributed by atoms with Crippen LogP contribution in [0.1, 0.15) is 42.8 Å². The number of piperidine rings is 1. The highest BCUT2D eigenvalue weighted by atomic mass is 32.2. The third kappa shape index (κ3) is 7.29. The number of carbonyl (C=O) groups is 1. The number of aryl methyl sites for hydroxylation is 2. The summed E-state index contributed by atoms with van der Waals surface area (Å²) in [4.78, 5) is 25.1. The number of hydrogen-bond donors (Lipinski definition) is 2. The molecule has 10 nitrogen and oxygen atoms in total. The minimum absolute atomic E-state index is 0.0545. The Hall–Kier alpha value is -2.99. The first-order chi connectivity index (χ1) is 17.9. The fraction of sp³-hybridized carbons (Fsp3) is 0.462. The molecule has 2 N–H and O–H groups in total. The molecule has 0 aliphatic carbocycles. The molecule has 198 valence electrons. The molecule has 2 aromatic heterocycles. The maximum atomic E-state index is 13.1. The van der Waals surface area contributed by atoms with Crippen molar-refractivity contribution in [3.63, 3.8) is 0 Å². The lowest BCUT2D eigenvalue weighted by atomic mass is 10.0. The molecule has 1 atom stereocenters. The van der Waals surface area contributed by atoms with Crippen LogP contribution in [0.25, 0.3) is 10.9 Å². The first-order valence-corrected chi connectivity index (χ1v) is 14.1. The molecule has 1 aliphatic rings. The zero-order valence-electron chi connectivity index (χ0n) is 20.9. The van der Waals surface area contributed by atoms with E-state index in [1.807, 2.05) is 37.3 Å². The molecule has 0 saturated carbocycles. The quantitative estimate of drug-likeness (QED) is 0.287. The van der Waals surface area contributed by atoms with Crippen molar-refractivity contribution in [3.05, 3.63) is 65.9 Å². The Bertz CT molecular complexity index is 1300. The molecule has 1 aromatic carbocycles. The van der Waals surface area contributed by atoms with Crippen LogP contribution in [0, 0.1) is 12.8 Å². The summed E-state index contributed by atoms with van der Waals surface area (Å²) >= 11 is 0. The lowest BCUT2D eigenvalue weighted by molar-refractivity contribution is -0.133. The van der Waals surface area contributed by atoms with E-state index >= 15 is 0 Å². The Morgan fingerprint density at radius 3 is 2.65 bits per heavy atom. The second-order valence-corrected chi connectivity index (χ2v) is 11.4. The van der Waals surface area contributed by atoms with Gasteiger partial charge in [0.15, 0.2) is 0 Å². The number of nitrogens with zero attached hydrogens (tertiary/aromatic N) is 4. The van der Waals surface area contributed by atoms with Gasteiger partial charge in [-0.1, -0.05) is 18.2 Å². The summed E-state index contributed by atoms with van der Waals surface area (Å²) in [5.74, 6) is -1.29. The summed E-state index contributed by atoms with van der Waals surface area (Å²) in [6, 6.07) is 11.7. The van der Waals surface area contributed by atoms with E-state index in [4.69, 9.17) is 9.94 Å². The van der Waals surface area contributed by atoms with E-state index in [9.17, 15) is 13.2 Å². The molecule has 4 rings (SSSR count). The van der Waals surface area contributed by atoms with Crippen LogP contribution in [0.2, 0.25) is 0 Å². The fourth-order valence-electron chi connectivity index (χ4n) is 4.71. The van der Waals surface area contributed by atoms with Gasteiger partial charge in [-0.3, -0.25) is 15.0 Å². The topological polar surface area (TPSA) is 135 Å². The third-order valence-electron chi connectivity index (χ3n) is 6.66. The number of ether oxygens (including phenoxy) is 1. The Morgan fingerprint density at radius 1 is 1.19 bits per heavy atom. The van der Waals surface area contributed by atoms with Gasteiger partial charge in [0.25, 0.3) is 0 Å². The average Bonchev–Trinajstić information content (AvgIpc) is 2.91. The van der Waals surface area contributed by atoms with Gasteiger partial charge in [0.05, 0.1) is 29.9 Å². The largest absolute Gasteiger partial charge is 0.373 e. The van der Waals surface area contributed by atoms with Gasteiger partial charge in [-0.2, -0.15) is 0 Å². The van der Waals surface area contributed by atoms with E-state index < -0.39 is 21.8 Å². The van der Waals surface area contributed by atoms with E-state index in [-0.39, 0.29) is 11.9 Å². The van der Waals surface area contributed by atoms with Gasteiger partial charge < -0.3 is 4.74 Å². The van der Waals surface area contributed by atoms with Crippen LogP contribution in [0.5, 0.6) is 0 Å². The molecular weight excluding hydrogens is 494 g/mol. The van der Waals surface area contributed by atoms with Crippen LogP contribution in [-0.4, -0.2) is 63.7 Å². The molecule has 1 fully saturated rings. The Kier molecular flexibility index (Phi) is 9.14. The number of carbonyl (C=O) groups excluding carboxylic acids is 1. The summed E-state index contributed by atoms with van der Waals surface area (Å²) in [7, 11) is -3.69. The van der Waals surface area contributed by atoms with Crippen LogP contribution >= 0.6 is 0 Å². The molecule has 0 radical (unpaired) electrons. The maximum Gasteiger partial charge on any atom is 0.247 e.